The SMILES string of the molecule is CCCCCCCCCCCCCCCCCCN(CNc1ccccc1N=N)CSP(=S)(OCCCC)OCCCC. The van der Waals surface area contributed by atoms with Gasteiger partial charge in [0.05, 0.1) is 31.4 Å². The minimum atomic E-state index is -2.39. The van der Waals surface area contributed by atoms with Crippen molar-refractivity contribution in [1.29, 1.82) is 5.53 Å². The molecule has 0 atom stereocenters. The van der Waals surface area contributed by atoms with E-state index in [1.54, 1.807) is 11.4 Å². The fourth-order valence-corrected chi connectivity index (χ4v) is 9.03. The summed E-state index contributed by atoms with van der Waals surface area (Å²) in [5.41, 5.74) is 6.66. The zero-order valence-corrected chi connectivity index (χ0v) is 30.5. The van der Waals surface area contributed by atoms with Crippen molar-refractivity contribution < 1.29 is 9.05 Å². The summed E-state index contributed by atoms with van der Waals surface area (Å²) >= 11 is 7.63. The van der Waals surface area contributed by atoms with Crippen molar-refractivity contribution in [2.24, 2.45) is 5.11 Å². The maximum atomic E-state index is 7.50. The highest BCUT2D eigenvalue weighted by atomic mass is 32.9. The van der Waals surface area contributed by atoms with Crippen molar-refractivity contribution >= 4 is 40.3 Å². The van der Waals surface area contributed by atoms with E-state index in [0.29, 0.717) is 25.6 Å². The zero-order chi connectivity index (χ0) is 31.3. The van der Waals surface area contributed by atoms with E-state index < -0.39 is 5.69 Å². The molecule has 250 valence electrons. The Balaban J connectivity index is 2.40. The molecule has 0 aliphatic heterocycles. The van der Waals surface area contributed by atoms with E-state index in [0.717, 1.165) is 43.8 Å². The van der Waals surface area contributed by atoms with Gasteiger partial charge in [-0.25, -0.2) is 5.53 Å². The van der Waals surface area contributed by atoms with Crippen LogP contribution in [0.25, 0.3) is 0 Å². The van der Waals surface area contributed by atoms with Crippen LogP contribution in [0.1, 0.15) is 149 Å². The average Bonchev–Trinajstić information content (AvgIpc) is 3.02. The molecule has 0 heterocycles. The number of nitrogens with zero attached hydrogens (tertiary/aromatic N) is 2. The summed E-state index contributed by atoms with van der Waals surface area (Å²) in [4.78, 5) is 2.41. The zero-order valence-electron chi connectivity index (χ0n) is 28.0. The molecule has 0 amide bonds. The van der Waals surface area contributed by atoms with Crippen LogP contribution in [-0.2, 0) is 20.9 Å². The van der Waals surface area contributed by atoms with Crippen molar-refractivity contribution in [2.75, 3.05) is 37.6 Å². The monoisotopic (exact) mass is 656 g/mol. The molecule has 0 aliphatic rings. The van der Waals surface area contributed by atoms with Crippen LogP contribution >= 0.6 is 17.1 Å². The minimum absolute atomic E-state index is 0.661. The first kappa shape index (κ1) is 40.5. The minimum Gasteiger partial charge on any atom is -0.370 e. The predicted molar refractivity (Wildman–Crippen MR) is 194 cm³/mol. The molecule has 0 saturated heterocycles. The Kier molecular flexibility index (Phi) is 27.3. The predicted octanol–water partition coefficient (Wildman–Crippen LogP) is 12.8. The van der Waals surface area contributed by atoms with E-state index in [-0.39, 0.29) is 0 Å². The third kappa shape index (κ3) is 22.6. The molecule has 0 fully saturated rings. The summed E-state index contributed by atoms with van der Waals surface area (Å²) < 4.78 is 12.4. The van der Waals surface area contributed by atoms with Crippen LogP contribution in [-0.4, -0.2) is 37.2 Å². The maximum absolute atomic E-state index is 7.50. The Bertz CT molecular complexity index is 819. The lowest BCUT2D eigenvalue weighted by Crippen LogP contribution is -2.30. The molecule has 0 spiro atoms. The Morgan fingerprint density at radius 3 is 1.67 bits per heavy atom. The fraction of sp³-hybridized carbons (Fsp3) is 0.824. The summed E-state index contributed by atoms with van der Waals surface area (Å²) in [5, 5.41) is 7.18. The number of nitrogens with one attached hydrogen (secondary N) is 2. The van der Waals surface area contributed by atoms with E-state index in [1.165, 1.54) is 103 Å². The number of rotatable bonds is 32. The van der Waals surface area contributed by atoms with Crippen LogP contribution in [0.3, 0.4) is 0 Å². The van der Waals surface area contributed by atoms with Crippen LogP contribution in [0, 0.1) is 5.53 Å². The van der Waals surface area contributed by atoms with Crippen molar-refractivity contribution in [3.05, 3.63) is 24.3 Å². The summed E-state index contributed by atoms with van der Waals surface area (Å²) in [7, 11) is 0. The van der Waals surface area contributed by atoms with Gasteiger partial charge in [0.25, 0.3) is 0 Å². The molecule has 9 heteroatoms. The summed E-state index contributed by atoms with van der Waals surface area (Å²) in [5.74, 6) is 0.765. The Labute approximate surface area is 275 Å². The van der Waals surface area contributed by atoms with Crippen molar-refractivity contribution in [1.82, 2.24) is 4.90 Å². The summed E-state index contributed by atoms with van der Waals surface area (Å²) in [6.07, 6.45) is 26.2. The number of hydrogen-bond acceptors (Lipinski definition) is 8. The number of benzene rings is 1. The molecule has 0 saturated carbocycles. The van der Waals surface area contributed by atoms with Gasteiger partial charge < -0.3 is 14.4 Å². The molecule has 0 unspecified atom stereocenters. The molecule has 0 radical (unpaired) electrons. The van der Waals surface area contributed by atoms with Crippen LogP contribution in [0.4, 0.5) is 11.4 Å². The Hall–Kier alpha value is -0.500. The van der Waals surface area contributed by atoms with E-state index in [9.17, 15) is 0 Å². The maximum Gasteiger partial charge on any atom is 0.248 e. The number of unbranched alkanes of at least 4 members (excludes halogenated alkanes) is 17. The number of anilines is 1. The molecule has 6 nitrogen and oxygen atoms in total. The van der Waals surface area contributed by atoms with Gasteiger partial charge in [0, 0.05) is 6.54 Å². The van der Waals surface area contributed by atoms with Gasteiger partial charge >= 0.3 is 0 Å². The van der Waals surface area contributed by atoms with Gasteiger partial charge in [0.1, 0.15) is 5.69 Å². The van der Waals surface area contributed by atoms with Gasteiger partial charge in [0.15, 0.2) is 0 Å². The topological polar surface area (TPSA) is 69.9 Å². The number of para-hydroxylation sites is 2. The Morgan fingerprint density at radius 1 is 0.721 bits per heavy atom. The lowest BCUT2D eigenvalue weighted by molar-refractivity contribution is 0.252. The van der Waals surface area contributed by atoms with Crippen molar-refractivity contribution in [2.45, 2.75) is 149 Å². The molecule has 1 aromatic rings. The van der Waals surface area contributed by atoms with Gasteiger partial charge in [-0.1, -0.05) is 153 Å². The quantitative estimate of drug-likeness (QED) is 0.0348. The lowest BCUT2D eigenvalue weighted by Gasteiger charge is -2.27. The fourth-order valence-electron chi connectivity index (χ4n) is 4.90. The molecule has 0 aliphatic carbocycles. The van der Waals surface area contributed by atoms with Crippen LogP contribution in [0.2, 0.25) is 0 Å². The first-order valence-corrected chi connectivity index (χ1v) is 21.8. The van der Waals surface area contributed by atoms with E-state index in [1.807, 2.05) is 24.3 Å². The van der Waals surface area contributed by atoms with E-state index in [4.69, 9.17) is 26.4 Å². The van der Waals surface area contributed by atoms with Crippen molar-refractivity contribution in [3.63, 3.8) is 0 Å². The highest BCUT2D eigenvalue weighted by Crippen LogP contribution is 2.61. The third-order valence-electron chi connectivity index (χ3n) is 7.74. The van der Waals surface area contributed by atoms with Gasteiger partial charge in [-0.05, 0) is 43.2 Å². The lowest BCUT2D eigenvalue weighted by atomic mass is 10.0. The van der Waals surface area contributed by atoms with Gasteiger partial charge in [-0.2, -0.15) is 5.11 Å². The van der Waals surface area contributed by atoms with Gasteiger partial charge in [-0.15, -0.1) is 0 Å². The first-order chi connectivity index (χ1) is 21.1. The second-order valence-electron chi connectivity index (χ2n) is 11.7. The highest BCUT2D eigenvalue weighted by Gasteiger charge is 2.22. The summed E-state index contributed by atoms with van der Waals surface area (Å²) in [6.45, 7) is 9.65. The smallest absolute Gasteiger partial charge is 0.248 e. The second-order valence-corrected chi connectivity index (χ2v) is 18.0. The molecule has 43 heavy (non-hydrogen) atoms. The Morgan fingerprint density at radius 2 is 1.19 bits per heavy atom. The average molecular weight is 657 g/mol. The normalized spacial score (nSPS) is 11.8. The van der Waals surface area contributed by atoms with E-state index >= 15 is 0 Å². The molecular formula is C34H65N4O2PS2. The molecule has 1 aromatic carbocycles. The molecule has 0 bridgehead atoms. The van der Waals surface area contributed by atoms with Crippen LogP contribution in [0.5, 0.6) is 0 Å². The number of hydrogen-bond donors (Lipinski definition) is 2. The third-order valence-corrected chi connectivity index (χ3v) is 13.0. The molecule has 2 N–H and O–H groups in total. The van der Waals surface area contributed by atoms with Crippen LogP contribution < -0.4 is 5.32 Å². The standard InChI is InChI=1S/C34H65N4O2PS2/c1-4-7-10-11-12-13-14-15-16-17-18-19-20-21-22-25-28-38(31-36-33-26-23-24-27-34(33)37-35)32-43-41(42,39-29-8-5-2)40-30-9-6-3/h23-24,26-27,35-36H,4-22,25,28-32H2,1-3H3. The summed E-state index contributed by atoms with van der Waals surface area (Å²) in [6, 6.07) is 7.75. The highest BCUT2D eigenvalue weighted by molar-refractivity contribution is 8.67. The molecule has 0 aromatic heterocycles. The largest absolute Gasteiger partial charge is 0.370 e. The molecular weight excluding hydrogens is 592 g/mol. The van der Waals surface area contributed by atoms with Gasteiger partial charge in [-0.3, -0.25) is 4.90 Å². The van der Waals surface area contributed by atoms with Crippen LogP contribution in [0.15, 0.2) is 29.4 Å². The van der Waals surface area contributed by atoms with Gasteiger partial charge in [0.2, 0.25) is 5.69 Å². The van der Waals surface area contributed by atoms with E-state index in [2.05, 4.69) is 36.1 Å². The first-order valence-electron chi connectivity index (χ1n) is 17.5. The second kappa shape index (κ2) is 28.9. The molecule has 1 rings (SSSR count). The van der Waals surface area contributed by atoms with Crippen molar-refractivity contribution in [3.8, 4) is 0 Å².